The van der Waals surface area contributed by atoms with Gasteiger partial charge in [-0.3, -0.25) is 9.69 Å². The van der Waals surface area contributed by atoms with Crippen LogP contribution >= 0.6 is 22.9 Å². The number of alkyl halides is 3. The lowest BCUT2D eigenvalue weighted by atomic mass is 9.83. The van der Waals surface area contributed by atoms with Gasteiger partial charge in [-0.05, 0) is 67.8 Å². The zero-order valence-electron chi connectivity index (χ0n) is 27.1. The Morgan fingerprint density at radius 3 is 2.37 bits per heavy atom. The molecule has 7 heterocycles. The Balaban J connectivity index is 1.03. The molecule has 0 saturated carbocycles. The number of nitrogens with one attached hydrogen (secondary N) is 2. The van der Waals surface area contributed by atoms with E-state index in [1.165, 1.54) is 30.2 Å². The molecule has 2 aromatic rings. The van der Waals surface area contributed by atoms with Crippen molar-refractivity contribution in [3.63, 3.8) is 0 Å². The van der Waals surface area contributed by atoms with Crippen LogP contribution in [0.3, 0.4) is 0 Å². The molecular formula is C33H41ClF3N7O4S. The van der Waals surface area contributed by atoms with Crippen molar-refractivity contribution in [2.24, 2.45) is 5.92 Å². The summed E-state index contributed by atoms with van der Waals surface area (Å²) in [5, 5.41) is 19.2. The SMILES string of the molecule is O=C(N[C@H](Cc1cc(Cl)c(O)c(C(F)(F)F)c1)C(=O)N1CCN(C2CN3CCC2CC3)CC1)N1CCC(N2Cc3cscc3NC2=O)CC1. The van der Waals surface area contributed by atoms with E-state index in [0.29, 0.717) is 70.6 Å². The topological polar surface area (TPSA) is 112 Å². The standard InChI is InChI=1S/C33H41ClF3N7O4S/c34-25-14-20(13-24(29(25)45)33(35,36)37)15-26(30(46)42-11-9-41(10-12-42)28-17-40-5-1-21(28)2-6-40)38-31(47)43-7-3-23(4-8-43)44-16-22-18-49-19-27(22)39-32(44)48/h13-14,18-19,21,23,26,28,45H,1-12,15-17H2,(H,38,47)(H,39,48)/t26-,28?/m1/s1. The minimum atomic E-state index is -4.86. The first-order valence-electron chi connectivity index (χ1n) is 17.0. The number of anilines is 1. The maximum absolute atomic E-state index is 14.0. The van der Waals surface area contributed by atoms with Gasteiger partial charge in [0, 0.05) is 75.3 Å². The van der Waals surface area contributed by atoms with Gasteiger partial charge in [-0.25, -0.2) is 9.59 Å². The van der Waals surface area contributed by atoms with Crippen LogP contribution in [-0.2, 0) is 23.9 Å². The number of phenolic OH excluding ortho intramolecular Hbond substituents is 1. The fourth-order valence-electron chi connectivity index (χ4n) is 8.18. The minimum absolute atomic E-state index is 0.0677. The highest BCUT2D eigenvalue weighted by atomic mass is 35.5. The van der Waals surface area contributed by atoms with Gasteiger partial charge in [0.25, 0.3) is 0 Å². The fourth-order valence-corrected chi connectivity index (χ4v) is 9.20. The number of carbonyl (C=O) groups is 3. The van der Waals surface area contributed by atoms with Crippen LogP contribution in [0.1, 0.15) is 42.4 Å². The average molecular weight is 724 g/mol. The average Bonchev–Trinajstić information content (AvgIpc) is 3.56. The largest absolute Gasteiger partial charge is 0.506 e. The third-order valence-corrected chi connectivity index (χ3v) is 12.0. The fraction of sp³-hybridized carbons (Fsp3) is 0.606. The molecule has 3 N–H and O–H groups in total. The van der Waals surface area contributed by atoms with Gasteiger partial charge in [-0.2, -0.15) is 13.2 Å². The van der Waals surface area contributed by atoms with E-state index >= 15 is 0 Å². The van der Waals surface area contributed by atoms with Gasteiger partial charge in [0.15, 0.2) is 0 Å². The number of fused-ring (bicyclic) bond motifs is 4. The third kappa shape index (κ3) is 7.17. The predicted molar refractivity (Wildman–Crippen MR) is 179 cm³/mol. The lowest BCUT2D eigenvalue weighted by molar-refractivity contribution is -0.138. The molecule has 6 aliphatic heterocycles. The van der Waals surface area contributed by atoms with Crippen LogP contribution in [0, 0.1) is 5.92 Å². The third-order valence-electron chi connectivity index (χ3n) is 11.0. The first-order chi connectivity index (χ1) is 23.4. The number of nitrogens with zero attached hydrogens (tertiary/aromatic N) is 5. The van der Waals surface area contributed by atoms with E-state index < -0.39 is 34.6 Å². The van der Waals surface area contributed by atoms with Crippen LogP contribution in [0.2, 0.25) is 5.02 Å². The maximum Gasteiger partial charge on any atom is 0.420 e. The van der Waals surface area contributed by atoms with Crippen molar-refractivity contribution in [1.29, 1.82) is 0 Å². The molecule has 2 bridgehead atoms. The van der Waals surface area contributed by atoms with E-state index in [9.17, 15) is 32.7 Å². The molecule has 16 heteroatoms. The van der Waals surface area contributed by atoms with Gasteiger partial charge in [0.05, 0.1) is 22.8 Å². The quantitative estimate of drug-likeness (QED) is 0.405. The van der Waals surface area contributed by atoms with Crippen molar-refractivity contribution in [3.8, 4) is 5.75 Å². The van der Waals surface area contributed by atoms with E-state index in [1.54, 1.807) is 14.7 Å². The smallest absolute Gasteiger partial charge is 0.420 e. The summed E-state index contributed by atoms with van der Waals surface area (Å²) in [5.74, 6) is -0.789. The highest BCUT2D eigenvalue weighted by Gasteiger charge is 2.41. The number of hydrogen-bond donors (Lipinski definition) is 3. The summed E-state index contributed by atoms with van der Waals surface area (Å²) in [6.07, 6.45) is -1.64. The Morgan fingerprint density at radius 2 is 1.71 bits per heavy atom. The van der Waals surface area contributed by atoms with Crippen molar-refractivity contribution < 1.29 is 32.7 Å². The number of piperazine rings is 1. The Labute approximate surface area is 291 Å². The number of amides is 5. The second kappa shape index (κ2) is 13.8. The number of phenols is 1. The summed E-state index contributed by atoms with van der Waals surface area (Å²) >= 11 is 7.54. The van der Waals surface area contributed by atoms with Crippen LogP contribution in [0.15, 0.2) is 22.9 Å². The van der Waals surface area contributed by atoms with Gasteiger partial charge in [-0.1, -0.05) is 11.6 Å². The summed E-state index contributed by atoms with van der Waals surface area (Å²) in [6.45, 7) is 6.79. The molecule has 1 aromatic heterocycles. The molecule has 0 radical (unpaired) electrons. The molecule has 0 aliphatic carbocycles. The van der Waals surface area contributed by atoms with E-state index in [-0.39, 0.29) is 30.0 Å². The summed E-state index contributed by atoms with van der Waals surface area (Å²) in [5.41, 5.74) is 0.662. The number of aromatic hydroxyl groups is 1. The summed E-state index contributed by atoms with van der Waals surface area (Å²) in [7, 11) is 0. The number of benzene rings is 1. The molecule has 49 heavy (non-hydrogen) atoms. The Bertz CT molecular complexity index is 1570. The second-order valence-electron chi connectivity index (χ2n) is 13.8. The number of likely N-dealkylation sites (tertiary alicyclic amines) is 1. The van der Waals surface area contributed by atoms with Crippen molar-refractivity contribution >= 4 is 46.6 Å². The summed E-state index contributed by atoms with van der Waals surface area (Å²) in [6, 6.07) is 0.569. The molecule has 5 fully saturated rings. The van der Waals surface area contributed by atoms with Crippen molar-refractivity contribution in [2.45, 2.75) is 63.0 Å². The molecule has 6 aliphatic rings. The number of urea groups is 2. The zero-order chi connectivity index (χ0) is 34.4. The number of carbonyl (C=O) groups excluding carboxylic acids is 3. The van der Waals surface area contributed by atoms with E-state index in [4.69, 9.17) is 11.6 Å². The molecule has 2 atom stereocenters. The highest BCUT2D eigenvalue weighted by molar-refractivity contribution is 7.08. The van der Waals surface area contributed by atoms with E-state index in [0.717, 1.165) is 37.0 Å². The predicted octanol–water partition coefficient (Wildman–Crippen LogP) is 4.50. The van der Waals surface area contributed by atoms with Gasteiger partial charge in [0.1, 0.15) is 11.8 Å². The van der Waals surface area contributed by atoms with Crippen molar-refractivity contribution in [1.82, 2.24) is 29.8 Å². The Hall–Kier alpha value is -3.27. The number of hydrogen-bond acceptors (Lipinski definition) is 7. The number of piperidine rings is 4. The van der Waals surface area contributed by atoms with Crippen LogP contribution in [0.5, 0.6) is 5.75 Å². The lowest BCUT2D eigenvalue weighted by Crippen LogP contribution is -2.63. The van der Waals surface area contributed by atoms with E-state index in [1.807, 2.05) is 10.8 Å². The molecule has 266 valence electrons. The molecule has 5 amide bonds. The van der Waals surface area contributed by atoms with Gasteiger partial charge < -0.3 is 35.3 Å². The zero-order valence-corrected chi connectivity index (χ0v) is 28.6. The number of thiophene rings is 1. The maximum atomic E-state index is 14.0. The summed E-state index contributed by atoms with van der Waals surface area (Å²) in [4.78, 5) is 50.5. The number of rotatable bonds is 6. The van der Waals surface area contributed by atoms with Crippen molar-refractivity contribution in [2.75, 3.05) is 64.2 Å². The van der Waals surface area contributed by atoms with Crippen LogP contribution in [-0.4, -0.2) is 125 Å². The van der Waals surface area contributed by atoms with E-state index in [2.05, 4.69) is 20.4 Å². The first kappa shape index (κ1) is 34.2. The normalized spacial score (nSPS) is 25.6. The Morgan fingerprint density at radius 1 is 1.00 bits per heavy atom. The second-order valence-corrected chi connectivity index (χ2v) is 15.0. The Kier molecular flexibility index (Phi) is 9.63. The van der Waals surface area contributed by atoms with Gasteiger partial charge in [-0.15, -0.1) is 11.3 Å². The van der Waals surface area contributed by atoms with Gasteiger partial charge in [0.2, 0.25) is 5.91 Å². The molecule has 8 rings (SSSR count). The van der Waals surface area contributed by atoms with Gasteiger partial charge >= 0.3 is 18.2 Å². The highest BCUT2D eigenvalue weighted by Crippen LogP contribution is 2.41. The van der Waals surface area contributed by atoms with Crippen LogP contribution in [0.25, 0.3) is 0 Å². The molecule has 11 nitrogen and oxygen atoms in total. The molecule has 1 aromatic carbocycles. The summed E-state index contributed by atoms with van der Waals surface area (Å²) < 4.78 is 41.2. The molecule has 5 saturated heterocycles. The molecular weight excluding hydrogens is 683 g/mol. The minimum Gasteiger partial charge on any atom is -0.506 e. The lowest BCUT2D eigenvalue weighted by Gasteiger charge is -2.51. The molecule has 1 unspecified atom stereocenters. The van der Waals surface area contributed by atoms with Crippen molar-refractivity contribution in [3.05, 3.63) is 44.6 Å². The monoisotopic (exact) mass is 723 g/mol. The first-order valence-corrected chi connectivity index (χ1v) is 18.3. The van der Waals surface area contributed by atoms with Crippen LogP contribution < -0.4 is 10.6 Å². The molecule has 0 spiro atoms. The van der Waals surface area contributed by atoms with Crippen LogP contribution in [0.4, 0.5) is 28.4 Å². The number of halogens is 4.